The van der Waals surface area contributed by atoms with Gasteiger partial charge in [-0.2, -0.15) is 74.6 Å². The molecule has 0 saturated carbocycles. The first-order valence-corrected chi connectivity index (χ1v) is 7.04. The van der Waals surface area contributed by atoms with Crippen LogP contribution in [0.2, 0.25) is 0 Å². The molecular formula is C12H3F17O5. The highest BCUT2D eigenvalue weighted by Gasteiger charge is 2.85. The summed E-state index contributed by atoms with van der Waals surface area (Å²) in [7, 11) is 0. The average molecular weight is 550 g/mol. The van der Waals surface area contributed by atoms with Crippen molar-refractivity contribution in [1.29, 1.82) is 0 Å². The van der Waals surface area contributed by atoms with Gasteiger partial charge >= 0.3 is 60.3 Å². The molecule has 5 nitrogen and oxygen atoms in total. The SMILES string of the molecule is C=CC(=O)OC(=O)C(F)(F)C(F)(F)OC(F)(F)C(F)(F)OC(F)(F)C(F)(F)C(F)(F)C(F)(F)F. The lowest BCUT2D eigenvalue weighted by atomic mass is 10.1. The monoisotopic (exact) mass is 550 g/mol. The second-order valence-corrected chi connectivity index (χ2v) is 5.40. The van der Waals surface area contributed by atoms with Gasteiger partial charge in [-0.15, -0.1) is 0 Å². The number of hydrogen-bond acceptors (Lipinski definition) is 5. The van der Waals surface area contributed by atoms with E-state index in [9.17, 15) is 84.2 Å². The van der Waals surface area contributed by atoms with Gasteiger partial charge in [0.05, 0.1) is 0 Å². The van der Waals surface area contributed by atoms with E-state index in [0.717, 1.165) is 0 Å². The van der Waals surface area contributed by atoms with Crippen LogP contribution in [0.4, 0.5) is 74.6 Å². The lowest BCUT2D eigenvalue weighted by Gasteiger charge is -2.36. The van der Waals surface area contributed by atoms with Gasteiger partial charge in [-0.25, -0.2) is 19.1 Å². The van der Waals surface area contributed by atoms with Gasteiger partial charge in [0.2, 0.25) is 0 Å². The molecule has 0 aromatic heterocycles. The summed E-state index contributed by atoms with van der Waals surface area (Å²) in [5, 5.41) is 0. The van der Waals surface area contributed by atoms with Crippen molar-refractivity contribution < 1.29 is 98.4 Å². The summed E-state index contributed by atoms with van der Waals surface area (Å²) in [6, 6.07) is 0. The highest BCUT2D eigenvalue weighted by molar-refractivity contribution is 5.94. The number of halogens is 17. The Morgan fingerprint density at radius 2 is 0.912 bits per heavy atom. The molecular weight excluding hydrogens is 547 g/mol. The van der Waals surface area contributed by atoms with Crippen molar-refractivity contribution in [3.8, 4) is 0 Å². The third kappa shape index (κ3) is 5.46. The first-order valence-electron chi connectivity index (χ1n) is 7.04. The molecule has 34 heavy (non-hydrogen) atoms. The van der Waals surface area contributed by atoms with E-state index in [1.54, 1.807) is 0 Å². The van der Waals surface area contributed by atoms with Crippen LogP contribution in [0.5, 0.6) is 0 Å². The molecule has 0 amide bonds. The van der Waals surface area contributed by atoms with Crippen LogP contribution >= 0.6 is 0 Å². The van der Waals surface area contributed by atoms with Crippen LogP contribution in [0.15, 0.2) is 12.7 Å². The second kappa shape index (κ2) is 8.68. The van der Waals surface area contributed by atoms with Gasteiger partial charge in [0.1, 0.15) is 0 Å². The first kappa shape index (κ1) is 31.6. The Morgan fingerprint density at radius 1 is 0.559 bits per heavy atom. The minimum atomic E-state index is -8.14. The highest BCUT2D eigenvalue weighted by Crippen LogP contribution is 2.56. The van der Waals surface area contributed by atoms with Crippen molar-refractivity contribution in [1.82, 2.24) is 0 Å². The maximum Gasteiger partial charge on any atom is 0.460 e. The summed E-state index contributed by atoms with van der Waals surface area (Å²) in [6.45, 7) is 2.45. The van der Waals surface area contributed by atoms with Crippen LogP contribution in [0.3, 0.4) is 0 Å². The van der Waals surface area contributed by atoms with E-state index in [0.29, 0.717) is 0 Å². The molecule has 0 atom stereocenters. The average Bonchev–Trinajstić information content (AvgIpc) is 2.57. The van der Waals surface area contributed by atoms with Crippen molar-refractivity contribution in [3.05, 3.63) is 12.7 Å². The molecule has 0 unspecified atom stereocenters. The number of esters is 2. The zero-order chi connectivity index (χ0) is 28.0. The Bertz CT molecular complexity index is 799. The molecule has 0 radical (unpaired) electrons. The maximum absolute atomic E-state index is 13.2. The quantitative estimate of drug-likeness (QED) is 0.164. The Balaban J connectivity index is 6.11. The van der Waals surface area contributed by atoms with Crippen LogP contribution in [-0.2, 0) is 23.8 Å². The summed E-state index contributed by atoms with van der Waals surface area (Å²) in [5.74, 6) is -29.1. The molecule has 0 heterocycles. The molecule has 0 aromatic carbocycles. The molecule has 200 valence electrons. The predicted molar refractivity (Wildman–Crippen MR) is 64.1 cm³/mol. The Kier molecular flexibility index (Phi) is 8.07. The van der Waals surface area contributed by atoms with Gasteiger partial charge in [0.25, 0.3) is 0 Å². The van der Waals surface area contributed by atoms with Crippen LogP contribution < -0.4 is 0 Å². The summed E-state index contributed by atoms with van der Waals surface area (Å²) in [4.78, 5) is 21.2. The highest BCUT2D eigenvalue weighted by atomic mass is 19.4. The second-order valence-electron chi connectivity index (χ2n) is 5.40. The van der Waals surface area contributed by atoms with E-state index in [1.807, 2.05) is 0 Å². The van der Waals surface area contributed by atoms with E-state index in [-0.39, 0.29) is 6.08 Å². The van der Waals surface area contributed by atoms with Crippen molar-refractivity contribution in [2.45, 2.75) is 48.4 Å². The molecule has 0 aromatic rings. The van der Waals surface area contributed by atoms with Crippen molar-refractivity contribution in [2.24, 2.45) is 0 Å². The number of carbonyl (C=O) groups excluding carboxylic acids is 2. The fourth-order valence-corrected chi connectivity index (χ4v) is 1.25. The maximum atomic E-state index is 13.2. The van der Waals surface area contributed by atoms with E-state index < -0.39 is 60.3 Å². The molecule has 0 fully saturated rings. The number of rotatable bonds is 10. The van der Waals surface area contributed by atoms with Gasteiger partial charge in [-0.1, -0.05) is 6.58 Å². The van der Waals surface area contributed by atoms with Gasteiger partial charge in [0.15, 0.2) is 0 Å². The molecule has 0 spiro atoms. The standard InChI is InChI=1S/C12H3F17O5/c1-2-3(30)32-4(31)5(13,14)9(22,23)33-11(26,27)12(28,29)34-10(24,25)7(17,18)6(15,16)8(19,20)21/h2H,1H2. The van der Waals surface area contributed by atoms with E-state index in [4.69, 9.17) is 0 Å². The summed E-state index contributed by atoms with van der Waals surface area (Å²) >= 11 is 0. The third-order valence-electron chi connectivity index (χ3n) is 2.95. The largest absolute Gasteiger partial charge is 0.460 e. The Hall–Kier alpha value is -2.39. The molecule has 0 saturated heterocycles. The van der Waals surface area contributed by atoms with Gasteiger partial charge < -0.3 is 4.74 Å². The lowest BCUT2D eigenvalue weighted by Crippen LogP contribution is -2.65. The zero-order valence-electron chi connectivity index (χ0n) is 14.8. The van der Waals surface area contributed by atoms with E-state index in [2.05, 4.69) is 11.3 Å². The van der Waals surface area contributed by atoms with Crippen LogP contribution in [0, 0.1) is 0 Å². The van der Waals surface area contributed by atoms with E-state index >= 15 is 0 Å². The smallest absolute Gasteiger partial charge is 0.385 e. The van der Waals surface area contributed by atoms with Gasteiger partial charge in [-0.05, 0) is 0 Å². The molecule has 22 heteroatoms. The van der Waals surface area contributed by atoms with E-state index in [1.165, 1.54) is 9.47 Å². The van der Waals surface area contributed by atoms with Crippen molar-refractivity contribution in [2.75, 3.05) is 0 Å². The summed E-state index contributed by atoms with van der Waals surface area (Å²) in [6.07, 6.45) is -38.6. The van der Waals surface area contributed by atoms with Crippen molar-refractivity contribution >= 4 is 11.9 Å². The lowest BCUT2D eigenvalue weighted by molar-refractivity contribution is -0.549. The molecule has 0 aliphatic rings. The van der Waals surface area contributed by atoms with Crippen LogP contribution in [0.1, 0.15) is 0 Å². The fourth-order valence-electron chi connectivity index (χ4n) is 1.25. The summed E-state index contributed by atoms with van der Waals surface area (Å²) < 4.78 is 223. The molecule has 0 N–H and O–H groups in total. The first-order chi connectivity index (χ1) is 14.5. The van der Waals surface area contributed by atoms with Gasteiger partial charge in [0, 0.05) is 6.08 Å². The Morgan fingerprint density at radius 3 is 1.24 bits per heavy atom. The van der Waals surface area contributed by atoms with Gasteiger partial charge in [-0.3, -0.25) is 0 Å². The summed E-state index contributed by atoms with van der Waals surface area (Å²) in [5.41, 5.74) is 0. The minimum Gasteiger partial charge on any atom is -0.385 e. The number of carbonyl (C=O) groups is 2. The van der Waals surface area contributed by atoms with Crippen molar-refractivity contribution in [3.63, 3.8) is 0 Å². The third-order valence-corrected chi connectivity index (χ3v) is 2.95. The molecule has 0 aliphatic heterocycles. The number of alkyl halides is 17. The molecule has 0 bridgehead atoms. The number of hydrogen-bond donors (Lipinski definition) is 0. The number of ether oxygens (including phenoxy) is 3. The zero-order valence-corrected chi connectivity index (χ0v) is 14.8. The fraction of sp³-hybridized carbons (Fsp3) is 0.667. The normalized spacial score (nSPS) is 15.2. The predicted octanol–water partition coefficient (Wildman–Crippen LogP) is 5.11. The topological polar surface area (TPSA) is 61.8 Å². The van der Waals surface area contributed by atoms with Crippen LogP contribution in [0.25, 0.3) is 0 Å². The minimum absolute atomic E-state index is 0.164. The Labute approximate surface area is 173 Å². The molecule has 0 rings (SSSR count). The van der Waals surface area contributed by atoms with Crippen LogP contribution in [-0.4, -0.2) is 60.3 Å². The molecule has 0 aliphatic carbocycles.